The van der Waals surface area contributed by atoms with Crippen LogP contribution in [0.3, 0.4) is 0 Å². The standard InChI is InChI=1S/C18H28N2O2/c1-6-10-16(21)20(13-15-11-8-7-9-12-15)14(2)17(22)19-18(3,4)5/h7-9,11-12,14H,6,10,13H2,1-5H3,(H,19,22)/t14-/m1/s1. The van der Waals surface area contributed by atoms with Gasteiger partial charge in [0.25, 0.3) is 0 Å². The van der Waals surface area contributed by atoms with Crippen LogP contribution < -0.4 is 5.32 Å². The van der Waals surface area contributed by atoms with Crippen LogP contribution >= 0.6 is 0 Å². The minimum Gasteiger partial charge on any atom is -0.350 e. The summed E-state index contributed by atoms with van der Waals surface area (Å²) in [5, 5.41) is 2.95. The lowest BCUT2D eigenvalue weighted by Crippen LogP contribution is -2.52. The Morgan fingerprint density at radius 3 is 2.27 bits per heavy atom. The maximum absolute atomic E-state index is 12.4. The van der Waals surface area contributed by atoms with E-state index in [0.29, 0.717) is 13.0 Å². The van der Waals surface area contributed by atoms with Crippen LogP contribution in [0.2, 0.25) is 0 Å². The Morgan fingerprint density at radius 2 is 1.77 bits per heavy atom. The van der Waals surface area contributed by atoms with Crippen LogP contribution in [0.5, 0.6) is 0 Å². The van der Waals surface area contributed by atoms with Gasteiger partial charge in [-0.2, -0.15) is 0 Å². The Morgan fingerprint density at radius 1 is 1.18 bits per heavy atom. The number of rotatable bonds is 6. The largest absolute Gasteiger partial charge is 0.350 e. The van der Waals surface area contributed by atoms with Crippen molar-refractivity contribution in [1.82, 2.24) is 10.2 Å². The SMILES string of the molecule is CCCC(=O)N(Cc1ccccc1)[C@H](C)C(=O)NC(C)(C)C. The van der Waals surface area contributed by atoms with Crippen LogP contribution in [0.1, 0.15) is 53.0 Å². The van der Waals surface area contributed by atoms with Crippen LogP contribution in [0.25, 0.3) is 0 Å². The van der Waals surface area contributed by atoms with E-state index in [9.17, 15) is 9.59 Å². The highest BCUT2D eigenvalue weighted by Crippen LogP contribution is 2.12. The molecule has 122 valence electrons. The van der Waals surface area contributed by atoms with Crippen LogP contribution in [0, 0.1) is 0 Å². The fourth-order valence-electron chi connectivity index (χ4n) is 2.19. The molecule has 22 heavy (non-hydrogen) atoms. The Kier molecular flexibility index (Phi) is 6.60. The number of hydrogen-bond donors (Lipinski definition) is 1. The average Bonchev–Trinajstić information content (AvgIpc) is 2.43. The molecule has 1 aromatic rings. The van der Waals surface area contributed by atoms with Crippen LogP contribution in [-0.4, -0.2) is 28.3 Å². The first-order valence-corrected chi connectivity index (χ1v) is 7.90. The zero-order chi connectivity index (χ0) is 16.8. The molecule has 0 aliphatic rings. The molecule has 0 saturated carbocycles. The van der Waals surface area contributed by atoms with Crippen molar-refractivity contribution in [3.63, 3.8) is 0 Å². The fraction of sp³-hybridized carbons (Fsp3) is 0.556. The first-order valence-electron chi connectivity index (χ1n) is 7.90. The quantitative estimate of drug-likeness (QED) is 0.878. The fourth-order valence-corrected chi connectivity index (χ4v) is 2.19. The van der Waals surface area contributed by atoms with Gasteiger partial charge < -0.3 is 10.2 Å². The van der Waals surface area contributed by atoms with Crippen molar-refractivity contribution in [3.8, 4) is 0 Å². The lowest BCUT2D eigenvalue weighted by Gasteiger charge is -2.31. The summed E-state index contributed by atoms with van der Waals surface area (Å²) in [6.07, 6.45) is 1.23. The lowest BCUT2D eigenvalue weighted by molar-refractivity contribution is -0.141. The molecule has 0 fully saturated rings. The molecular formula is C18H28N2O2. The predicted molar refractivity (Wildman–Crippen MR) is 89.3 cm³/mol. The summed E-state index contributed by atoms with van der Waals surface area (Å²) in [6, 6.07) is 9.28. The minimum absolute atomic E-state index is 0.0166. The highest BCUT2D eigenvalue weighted by atomic mass is 16.2. The molecule has 2 amide bonds. The molecule has 4 nitrogen and oxygen atoms in total. The van der Waals surface area contributed by atoms with Crippen LogP contribution in [-0.2, 0) is 16.1 Å². The summed E-state index contributed by atoms with van der Waals surface area (Å²) >= 11 is 0. The van der Waals surface area contributed by atoms with Crippen molar-refractivity contribution in [1.29, 1.82) is 0 Å². The van der Waals surface area contributed by atoms with Gasteiger partial charge in [0.15, 0.2) is 0 Å². The Balaban J connectivity index is 2.89. The monoisotopic (exact) mass is 304 g/mol. The van der Waals surface area contributed by atoms with Gasteiger partial charge in [-0.1, -0.05) is 37.3 Å². The van der Waals surface area contributed by atoms with Gasteiger partial charge in [-0.25, -0.2) is 0 Å². The number of carbonyl (C=O) groups excluding carboxylic acids is 2. The van der Waals surface area contributed by atoms with E-state index in [1.165, 1.54) is 0 Å². The Labute approximate surface area is 133 Å². The molecule has 0 aliphatic heterocycles. The molecule has 1 atom stereocenters. The van der Waals surface area contributed by atoms with Gasteiger partial charge in [-0.05, 0) is 39.7 Å². The van der Waals surface area contributed by atoms with E-state index in [1.807, 2.05) is 58.0 Å². The second-order valence-electron chi connectivity index (χ2n) is 6.67. The van der Waals surface area contributed by atoms with Gasteiger partial charge >= 0.3 is 0 Å². The molecule has 0 radical (unpaired) electrons. The van der Waals surface area contributed by atoms with E-state index >= 15 is 0 Å². The maximum atomic E-state index is 12.4. The second-order valence-corrected chi connectivity index (χ2v) is 6.67. The molecule has 1 rings (SSSR count). The highest BCUT2D eigenvalue weighted by molar-refractivity contribution is 5.87. The molecule has 0 heterocycles. The predicted octanol–water partition coefficient (Wildman–Crippen LogP) is 3.12. The van der Waals surface area contributed by atoms with Gasteiger partial charge in [0.2, 0.25) is 11.8 Å². The van der Waals surface area contributed by atoms with Crippen LogP contribution in [0.15, 0.2) is 30.3 Å². The molecular weight excluding hydrogens is 276 g/mol. The average molecular weight is 304 g/mol. The molecule has 0 aromatic heterocycles. The molecule has 4 heteroatoms. The van der Waals surface area contributed by atoms with Crippen molar-refractivity contribution >= 4 is 11.8 Å². The third-order valence-corrected chi connectivity index (χ3v) is 3.33. The summed E-state index contributed by atoms with van der Waals surface area (Å²) in [5.74, 6) is -0.101. The summed E-state index contributed by atoms with van der Waals surface area (Å²) in [6.45, 7) is 10.0. The summed E-state index contributed by atoms with van der Waals surface area (Å²) in [5.41, 5.74) is 0.722. The van der Waals surface area contributed by atoms with E-state index < -0.39 is 6.04 Å². The van der Waals surface area contributed by atoms with Crippen LogP contribution in [0.4, 0.5) is 0 Å². The van der Waals surface area contributed by atoms with Crippen molar-refractivity contribution in [2.45, 2.75) is 65.6 Å². The number of nitrogens with zero attached hydrogens (tertiary/aromatic N) is 1. The molecule has 1 aromatic carbocycles. The van der Waals surface area contributed by atoms with E-state index in [0.717, 1.165) is 12.0 Å². The molecule has 0 saturated heterocycles. The maximum Gasteiger partial charge on any atom is 0.242 e. The number of benzene rings is 1. The van der Waals surface area contributed by atoms with E-state index in [-0.39, 0.29) is 17.4 Å². The topological polar surface area (TPSA) is 49.4 Å². The third-order valence-electron chi connectivity index (χ3n) is 3.33. The molecule has 1 N–H and O–H groups in total. The summed E-state index contributed by atoms with van der Waals surface area (Å²) in [4.78, 5) is 26.5. The van der Waals surface area contributed by atoms with Gasteiger partial charge in [-0.3, -0.25) is 9.59 Å². The number of amides is 2. The number of nitrogens with one attached hydrogen (secondary N) is 1. The van der Waals surface area contributed by atoms with Crippen molar-refractivity contribution < 1.29 is 9.59 Å². The normalized spacial score (nSPS) is 12.6. The van der Waals surface area contributed by atoms with Gasteiger partial charge in [0, 0.05) is 18.5 Å². The van der Waals surface area contributed by atoms with Crippen molar-refractivity contribution in [2.24, 2.45) is 0 Å². The smallest absolute Gasteiger partial charge is 0.242 e. The summed E-state index contributed by atoms with van der Waals surface area (Å²) in [7, 11) is 0. The third kappa shape index (κ3) is 5.88. The van der Waals surface area contributed by atoms with Gasteiger partial charge in [0.05, 0.1) is 0 Å². The zero-order valence-electron chi connectivity index (χ0n) is 14.3. The lowest BCUT2D eigenvalue weighted by atomic mass is 10.1. The molecule has 0 aliphatic carbocycles. The van der Waals surface area contributed by atoms with Crippen molar-refractivity contribution in [2.75, 3.05) is 0 Å². The second kappa shape index (κ2) is 7.97. The van der Waals surface area contributed by atoms with E-state index in [4.69, 9.17) is 0 Å². The first kappa shape index (κ1) is 18.2. The zero-order valence-corrected chi connectivity index (χ0v) is 14.3. The Hall–Kier alpha value is -1.84. The van der Waals surface area contributed by atoms with Gasteiger partial charge in [-0.15, -0.1) is 0 Å². The highest BCUT2D eigenvalue weighted by Gasteiger charge is 2.27. The van der Waals surface area contributed by atoms with Gasteiger partial charge in [0.1, 0.15) is 6.04 Å². The molecule has 0 bridgehead atoms. The summed E-state index contributed by atoms with van der Waals surface area (Å²) < 4.78 is 0. The number of carbonyl (C=O) groups is 2. The van der Waals surface area contributed by atoms with E-state index in [2.05, 4.69) is 5.32 Å². The first-order chi connectivity index (χ1) is 10.2. The van der Waals surface area contributed by atoms with E-state index in [1.54, 1.807) is 11.8 Å². The minimum atomic E-state index is -0.488. The Bertz CT molecular complexity index is 492. The number of hydrogen-bond acceptors (Lipinski definition) is 2. The molecule has 0 spiro atoms. The van der Waals surface area contributed by atoms with Crippen molar-refractivity contribution in [3.05, 3.63) is 35.9 Å². The molecule has 0 unspecified atom stereocenters.